The zero-order valence-corrected chi connectivity index (χ0v) is 7.56. The quantitative estimate of drug-likeness (QED) is 0.663. The number of hydrogen-bond donors (Lipinski definition) is 0. The standard InChI is InChI=1S/C8H5Cl2NO/c9-4-8-11-6-2-1-5(10)3-7(6)12-8/h1-3H,4H2. The molecular weight excluding hydrogens is 197 g/mol. The van der Waals surface area contributed by atoms with Crippen LogP contribution >= 0.6 is 23.2 Å². The number of aromatic nitrogens is 1. The molecule has 2 rings (SSSR count). The molecule has 0 amide bonds. The van der Waals surface area contributed by atoms with Crippen LogP contribution in [-0.2, 0) is 5.88 Å². The number of hydrogen-bond acceptors (Lipinski definition) is 2. The molecule has 0 atom stereocenters. The van der Waals surface area contributed by atoms with Gasteiger partial charge in [-0.3, -0.25) is 0 Å². The molecule has 2 aromatic rings. The third kappa shape index (κ3) is 1.28. The predicted octanol–water partition coefficient (Wildman–Crippen LogP) is 3.22. The fourth-order valence-electron chi connectivity index (χ4n) is 1.00. The van der Waals surface area contributed by atoms with E-state index < -0.39 is 0 Å². The number of nitrogens with zero attached hydrogens (tertiary/aromatic N) is 1. The van der Waals surface area contributed by atoms with Crippen molar-refractivity contribution in [1.82, 2.24) is 4.98 Å². The van der Waals surface area contributed by atoms with E-state index >= 15 is 0 Å². The molecule has 4 heteroatoms. The lowest BCUT2D eigenvalue weighted by atomic mass is 10.3. The van der Waals surface area contributed by atoms with Crippen molar-refractivity contribution in [2.45, 2.75) is 5.88 Å². The van der Waals surface area contributed by atoms with Gasteiger partial charge in [-0.25, -0.2) is 4.98 Å². The SMILES string of the molecule is ClCc1nc2ccc(Cl)cc2o1. The van der Waals surface area contributed by atoms with Crippen molar-refractivity contribution in [2.75, 3.05) is 0 Å². The molecule has 62 valence electrons. The first kappa shape index (κ1) is 7.90. The largest absolute Gasteiger partial charge is 0.439 e. The van der Waals surface area contributed by atoms with E-state index in [9.17, 15) is 0 Å². The highest BCUT2D eigenvalue weighted by Crippen LogP contribution is 2.20. The van der Waals surface area contributed by atoms with Gasteiger partial charge < -0.3 is 4.42 Å². The maximum atomic E-state index is 5.75. The highest BCUT2D eigenvalue weighted by molar-refractivity contribution is 6.31. The third-order valence-electron chi connectivity index (χ3n) is 1.51. The van der Waals surface area contributed by atoms with Gasteiger partial charge in [-0.15, -0.1) is 11.6 Å². The van der Waals surface area contributed by atoms with Crippen LogP contribution in [0.5, 0.6) is 0 Å². The van der Waals surface area contributed by atoms with Gasteiger partial charge in [-0.1, -0.05) is 11.6 Å². The molecule has 1 aromatic heterocycles. The Morgan fingerprint density at radius 2 is 2.25 bits per heavy atom. The second-order valence-corrected chi connectivity index (χ2v) is 3.06. The number of fused-ring (bicyclic) bond motifs is 1. The van der Waals surface area contributed by atoms with Crippen LogP contribution in [0.25, 0.3) is 11.1 Å². The summed E-state index contributed by atoms with van der Waals surface area (Å²) >= 11 is 11.3. The van der Waals surface area contributed by atoms with Crippen molar-refractivity contribution in [3.05, 3.63) is 29.1 Å². The molecule has 1 heterocycles. The second kappa shape index (κ2) is 2.96. The number of rotatable bonds is 1. The van der Waals surface area contributed by atoms with Crippen molar-refractivity contribution in [1.29, 1.82) is 0 Å². The summed E-state index contributed by atoms with van der Waals surface area (Å²) in [6.45, 7) is 0. The van der Waals surface area contributed by atoms with Crippen LogP contribution in [0.15, 0.2) is 22.6 Å². The molecule has 0 aliphatic rings. The summed E-state index contributed by atoms with van der Waals surface area (Å²) in [5.41, 5.74) is 1.47. The molecule has 0 unspecified atom stereocenters. The molecule has 0 aliphatic carbocycles. The Bertz CT molecular complexity index is 410. The van der Waals surface area contributed by atoms with Crippen LogP contribution < -0.4 is 0 Å². The van der Waals surface area contributed by atoms with E-state index in [-0.39, 0.29) is 5.88 Å². The Morgan fingerprint density at radius 1 is 1.42 bits per heavy atom. The van der Waals surface area contributed by atoms with Crippen LogP contribution in [0.3, 0.4) is 0 Å². The zero-order valence-electron chi connectivity index (χ0n) is 6.05. The predicted molar refractivity (Wildman–Crippen MR) is 48.6 cm³/mol. The molecule has 0 N–H and O–H groups in total. The highest BCUT2D eigenvalue weighted by Gasteiger charge is 2.03. The van der Waals surface area contributed by atoms with Crippen LogP contribution in [0.4, 0.5) is 0 Å². The van der Waals surface area contributed by atoms with E-state index in [4.69, 9.17) is 27.6 Å². The van der Waals surface area contributed by atoms with Gasteiger partial charge in [-0.2, -0.15) is 0 Å². The van der Waals surface area contributed by atoms with Gasteiger partial charge in [-0.05, 0) is 12.1 Å². The molecule has 0 spiro atoms. The molecule has 0 saturated carbocycles. The summed E-state index contributed by atoms with van der Waals surface area (Å²) < 4.78 is 5.27. The van der Waals surface area contributed by atoms with Gasteiger partial charge in [0, 0.05) is 11.1 Å². The Kier molecular flexibility index (Phi) is 1.95. The van der Waals surface area contributed by atoms with Gasteiger partial charge in [0.15, 0.2) is 5.58 Å². The van der Waals surface area contributed by atoms with Crippen LogP contribution in [0.1, 0.15) is 5.89 Å². The minimum atomic E-state index is 0.284. The molecule has 12 heavy (non-hydrogen) atoms. The summed E-state index contributed by atoms with van der Waals surface area (Å²) in [6, 6.07) is 5.29. The molecule has 0 saturated heterocycles. The molecule has 0 aliphatic heterocycles. The van der Waals surface area contributed by atoms with Crippen molar-refractivity contribution < 1.29 is 4.42 Å². The summed E-state index contributed by atoms with van der Waals surface area (Å²) in [6.07, 6.45) is 0. The van der Waals surface area contributed by atoms with Crippen LogP contribution in [0.2, 0.25) is 5.02 Å². The highest BCUT2D eigenvalue weighted by atomic mass is 35.5. The van der Waals surface area contributed by atoms with Gasteiger partial charge in [0.25, 0.3) is 0 Å². The van der Waals surface area contributed by atoms with Gasteiger partial charge >= 0.3 is 0 Å². The number of oxazole rings is 1. The van der Waals surface area contributed by atoms with E-state index in [2.05, 4.69) is 4.98 Å². The lowest BCUT2D eigenvalue weighted by molar-refractivity contribution is 0.555. The van der Waals surface area contributed by atoms with Crippen molar-refractivity contribution in [3.63, 3.8) is 0 Å². The summed E-state index contributed by atoms with van der Waals surface area (Å²) in [5.74, 6) is 0.806. The van der Waals surface area contributed by atoms with Crippen molar-refractivity contribution in [3.8, 4) is 0 Å². The minimum Gasteiger partial charge on any atom is -0.439 e. The van der Waals surface area contributed by atoms with E-state index in [0.717, 1.165) is 5.52 Å². The lowest BCUT2D eigenvalue weighted by Crippen LogP contribution is -1.72. The van der Waals surface area contributed by atoms with Crippen LogP contribution in [0, 0.1) is 0 Å². The Hall–Kier alpha value is -0.730. The lowest BCUT2D eigenvalue weighted by Gasteiger charge is -1.85. The van der Waals surface area contributed by atoms with Gasteiger partial charge in [0.1, 0.15) is 5.52 Å². The Balaban J connectivity index is 2.67. The summed E-state index contributed by atoms with van der Waals surface area (Å²) in [4.78, 5) is 4.12. The molecular formula is C8H5Cl2NO. The second-order valence-electron chi connectivity index (χ2n) is 2.35. The fraction of sp³-hybridized carbons (Fsp3) is 0.125. The number of alkyl halides is 1. The van der Waals surface area contributed by atoms with Crippen LogP contribution in [-0.4, -0.2) is 4.98 Å². The normalized spacial score (nSPS) is 10.8. The molecule has 1 aromatic carbocycles. The first-order valence-corrected chi connectivity index (χ1v) is 4.32. The van der Waals surface area contributed by atoms with Gasteiger partial charge in [0.05, 0.1) is 5.88 Å². The zero-order chi connectivity index (χ0) is 8.55. The minimum absolute atomic E-state index is 0.284. The topological polar surface area (TPSA) is 26.0 Å². The maximum Gasteiger partial charge on any atom is 0.210 e. The summed E-state index contributed by atoms with van der Waals surface area (Å²) in [7, 11) is 0. The smallest absolute Gasteiger partial charge is 0.210 e. The average Bonchev–Trinajstić information content (AvgIpc) is 2.46. The molecule has 2 nitrogen and oxygen atoms in total. The Labute approximate surface area is 79.1 Å². The van der Waals surface area contributed by atoms with E-state index in [1.54, 1.807) is 18.2 Å². The first-order valence-electron chi connectivity index (χ1n) is 3.40. The summed E-state index contributed by atoms with van der Waals surface area (Å²) in [5, 5.41) is 0.639. The first-order chi connectivity index (χ1) is 5.79. The van der Waals surface area contributed by atoms with E-state index in [1.165, 1.54) is 0 Å². The number of halogens is 2. The molecule has 0 fully saturated rings. The fourth-order valence-corrected chi connectivity index (χ4v) is 1.28. The average molecular weight is 202 g/mol. The molecule has 0 radical (unpaired) electrons. The van der Waals surface area contributed by atoms with E-state index in [0.29, 0.717) is 16.5 Å². The monoisotopic (exact) mass is 201 g/mol. The Morgan fingerprint density at radius 3 is 3.00 bits per heavy atom. The van der Waals surface area contributed by atoms with Crippen molar-refractivity contribution in [2.24, 2.45) is 0 Å². The number of benzene rings is 1. The van der Waals surface area contributed by atoms with Crippen molar-refractivity contribution >= 4 is 34.3 Å². The van der Waals surface area contributed by atoms with Gasteiger partial charge in [0.2, 0.25) is 5.89 Å². The van der Waals surface area contributed by atoms with E-state index in [1.807, 2.05) is 0 Å². The third-order valence-corrected chi connectivity index (χ3v) is 1.97. The maximum absolute atomic E-state index is 5.75. The molecule has 0 bridgehead atoms.